The molecule has 3 aromatic rings. The summed E-state index contributed by atoms with van der Waals surface area (Å²) >= 11 is 2.90. The number of carbonyl (C=O) groups is 3. The molecule has 0 N–H and O–H groups in total. The van der Waals surface area contributed by atoms with Crippen molar-refractivity contribution in [3.8, 4) is 5.75 Å². The molecule has 1 amide bonds. The molecular formula is C26H22FNO4S2. The number of rotatable bonds is 8. The van der Waals surface area contributed by atoms with Crippen LogP contribution in [0.5, 0.6) is 5.75 Å². The molecule has 3 aromatic carbocycles. The van der Waals surface area contributed by atoms with E-state index in [1.54, 1.807) is 65.2 Å². The SMILES string of the molecule is CSc1ccc(C(=O)CS[C@H]2C(=O)N(c3ccc(F)cc3)[C@@H]2c2ccc(OC(C)=O)cc2)cc1. The van der Waals surface area contributed by atoms with Crippen molar-refractivity contribution in [2.45, 2.75) is 23.1 Å². The zero-order chi connectivity index (χ0) is 24.2. The molecule has 1 aliphatic heterocycles. The molecule has 1 aliphatic rings. The highest BCUT2D eigenvalue weighted by atomic mass is 32.2. The molecule has 1 saturated heterocycles. The molecule has 5 nitrogen and oxygen atoms in total. The first kappa shape index (κ1) is 24.0. The lowest BCUT2D eigenvalue weighted by Crippen LogP contribution is -2.57. The normalized spacial score (nSPS) is 17.3. The number of anilines is 1. The minimum atomic E-state index is -0.473. The lowest BCUT2D eigenvalue weighted by molar-refractivity contribution is -0.131. The first-order valence-corrected chi connectivity index (χ1v) is 12.8. The number of esters is 1. The van der Waals surface area contributed by atoms with Crippen LogP contribution >= 0.6 is 23.5 Å². The predicted octanol–water partition coefficient (Wildman–Crippen LogP) is 5.55. The summed E-state index contributed by atoms with van der Waals surface area (Å²) in [6, 6.07) is 19.7. The number of benzene rings is 3. The molecular weight excluding hydrogens is 473 g/mol. The van der Waals surface area contributed by atoms with E-state index in [1.807, 2.05) is 18.4 Å². The minimum Gasteiger partial charge on any atom is -0.427 e. The molecule has 1 fully saturated rings. The lowest BCUT2D eigenvalue weighted by atomic mass is 9.92. The Balaban J connectivity index is 1.54. The van der Waals surface area contributed by atoms with Gasteiger partial charge in [-0.1, -0.05) is 24.3 Å². The highest BCUT2D eigenvalue weighted by molar-refractivity contribution is 8.01. The van der Waals surface area contributed by atoms with Crippen molar-refractivity contribution in [1.82, 2.24) is 0 Å². The molecule has 0 aromatic heterocycles. The van der Waals surface area contributed by atoms with Gasteiger partial charge in [-0.05, 0) is 60.4 Å². The van der Waals surface area contributed by atoms with E-state index < -0.39 is 11.2 Å². The summed E-state index contributed by atoms with van der Waals surface area (Å²) in [4.78, 5) is 39.7. The largest absolute Gasteiger partial charge is 0.427 e. The molecule has 2 atom stereocenters. The maximum absolute atomic E-state index is 13.4. The zero-order valence-corrected chi connectivity index (χ0v) is 20.2. The van der Waals surface area contributed by atoms with Crippen LogP contribution in [0.2, 0.25) is 0 Å². The van der Waals surface area contributed by atoms with Crippen molar-refractivity contribution < 1.29 is 23.5 Å². The Morgan fingerprint density at radius 3 is 2.21 bits per heavy atom. The number of hydrogen-bond acceptors (Lipinski definition) is 6. The van der Waals surface area contributed by atoms with Crippen molar-refractivity contribution in [3.63, 3.8) is 0 Å². The quantitative estimate of drug-likeness (QED) is 0.134. The van der Waals surface area contributed by atoms with Gasteiger partial charge < -0.3 is 9.64 Å². The zero-order valence-electron chi connectivity index (χ0n) is 18.6. The Morgan fingerprint density at radius 2 is 1.62 bits per heavy atom. The van der Waals surface area contributed by atoms with Crippen LogP contribution in [0.15, 0.2) is 77.7 Å². The Hall–Kier alpha value is -3.10. The third-order valence-electron chi connectivity index (χ3n) is 5.44. The van der Waals surface area contributed by atoms with Crippen LogP contribution in [0.1, 0.15) is 28.9 Å². The number of carbonyl (C=O) groups excluding carboxylic acids is 3. The Morgan fingerprint density at radius 1 is 0.971 bits per heavy atom. The highest BCUT2D eigenvalue weighted by Gasteiger charge is 2.49. The van der Waals surface area contributed by atoms with E-state index in [2.05, 4.69) is 0 Å². The van der Waals surface area contributed by atoms with Crippen molar-refractivity contribution in [2.24, 2.45) is 0 Å². The number of β-lactam (4-membered cyclic amide) rings is 1. The summed E-state index contributed by atoms with van der Waals surface area (Å²) in [5.41, 5.74) is 2.01. The first-order valence-electron chi connectivity index (χ1n) is 10.5. The molecule has 0 saturated carbocycles. The Labute approximate surface area is 205 Å². The van der Waals surface area contributed by atoms with E-state index >= 15 is 0 Å². The standard InChI is InChI=1S/C26H22FNO4S2/c1-16(29)32-21-11-3-18(4-12-21)24-25(26(31)28(24)20-9-7-19(27)8-10-20)34-15-23(30)17-5-13-22(33-2)14-6-17/h3-14,24-25H,15H2,1-2H3/t24-,25-/m1/s1. The summed E-state index contributed by atoms with van der Waals surface area (Å²) < 4.78 is 18.6. The van der Waals surface area contributed by atoms with Gasteiger partial charge in [-0.3, -0.25) is 14.4 Å². The molecule has 8 heteroatoms. The lowest BCUT2D eigenvalue weighted by Gasteiger charge is -2.47. The Kier molecular flexibility index (Phi) is 7.38. The highest BCUT2D eigenvalue weighted by Crippen LogP contribution is 2.45. The van der Waals surface area contributed by atoms with Gasteiger partial charge >= 0.3 is 5.97 Å². The molecule has 0 radical (unpaired) electrons. The maximum atomic E-state index is 13.4. The molecule has 0 unspecified atom stereocenters. The van der Waals surface area contributed by atoms with Crippen LogP contribution in [0, 0.1) is 5.82 Å². The fraction of sp³-hybridized carbons (Fsp3) is 0.192. The first-order chi connectivity index (χ1) is 16.4. The van der Waals surface area contributed by atoms with Gasteiger partial charge in [0.1, 0.15) is 16.8 Å². The number of amides is 1. The van der Waals surface area contributed by atoms with Crippen molar-refractivity contribution in [1.29, 1.82) is 0 Å². The molecule has 0 bridgehead atoms. The summed E-state index contributed by atoms with van der Waals surface area (Å²) in [7, 11) is 0. The smallest absolute Gasteiger partial charge is 0.308 e. The number of hydrogen-bond donors (Lipinski definition) is 0. The number of ketones is 1. The van der Waals surface area contributed by atoms with Crippen LogP contribution in [0.3, 0.4) is 0 Å². The summed E-state index contributed by atoms with van der Waals surface area (Å²) in [6.45, 7) is 1.33. The van der Waals surface area contributed by atoms with Crippen molar-refractivity contribution >= 4 is 46.9 Å². The van der Waals surface area contributed by atoms with Gasteiger partial charge in [0.25, 0.3) is 0 Å². The maximum Gasteiger partial charge on any atom is 0.308 e. The van der Waals surface area contributed by atoms with Crippen LogP contribution < -0.4 is 9.64 Å². The number of Topliss-reactive ketones (excluding diaryl/α,β-unsaturated/α-hetero) is 1. The van der Waals surface area contributed by atoms with E-state index in [9.17, 15) is 18.8 Å². The van der Waals surface area contributed by atoms with Gasteiger partial charge in [0.2, 0.25) is 5.91 Å². The van der Waals surface area contributed by atoms with Crippen molar-refractivity contribution in [3.05, 3.63) is 89.7 Å². The number of nitrogens with zero attached hydrogens (tertiary/aromatic N) is 1. The fourth-order valence-corrected chi connectivity index (χ4v) is 5.39. The molecule has 0 aliphatic carbocycles. The minimum absolute atomic E-state index is 0.0466. The molecule has 4 rings (SSSR count). The second kappa shape index (κ2) is 10.4. The average Bonchev–Trinajstić information content (AvgIpc) is 2.84. The third kappa shape index (κ3) is 5.18. The summed E-state index contributed by atoms with van der Waals surface area (Å²) in [5, 5.41) is -0.473. The topological polar surface area (TPSA) is 63.7 Å². The van der Waals surface area contributed by atoms with E-state index in [-0.39, 0.29) is 29.3 Å². The number of ether oxygens (including phenoxy) is 1. The van der Waals surface area contributed by atoms with Gasteiger partial charge in [-0.15, -0.1) is 23.5 Å². The predicted molar refractivity (Wildman–Crippen MR) is 133 cm³/mol. The van der Waals surface area contributed by atoms with E-state index in [1.165, 1.54) is 30.8 Å². The Bertz CT molecular complexity index is 1200. The van der Waals surface area contributed by atoms with Gasteiger partial charge in [0.05, 0.1) is 11.8 Å². The van der Waals surface area contributed by atoms with Gasteiger partial charge in [-0.25, -0.2) is 4.39 Å². The van der Waals surface area contributed by atoms with Gasteiger partial charge in [-0.2, -0.15) is 0 Å². The molecule has 0 spiro atoms. The van der Waals surface area contributed by atoms with Crippen LogP contribution in [0.4, 0.5) is 10.1 Å². The van der Waals surface area contributed by atoms with Crippen LogP contribution in [-0.2, 0) is 9.59 Å². The summed E-state index contributed by atoms with van der Waals surface area (Å²) in [5.74, 6) is -0.428. The molecule has 34 heavy (non-hydrogen) atoms. The van der Waals surface area contributed by atoms with Crippen molar-refractivity contribution in [2.75, 3.05) is 16.9 Å². The van der Waals surface area contributed by atoms with E-state index in [4.69, 9.17) is 4.74 Å². The van der Waals surface area contributed by atoms with Crippen LogP contribution in [-0.4, -0.2) is 34.9 Å². The monoisotopic (exact) mass is 495 g/mol. The van der Waals surface area contributed by atoms with Crippen LogP contribution in [0.25, 0.3) is 0 Å². The summed E-state index contributed by atoms with van der Waals surface area (Å²) in [6.07, 6.45) is 1.97. The number of thioether (sulfide) groups is 2. The molecule has 174 valence electrons. The average molecular weight is 496 g/mol. The molecule has 1 heterocycles. The second-order valence-electron chi connectivity index (χ2n) is 7.68. The van der Waals surface area contributed by atoms with E-state index in [0.29, 0.717) is 17.0 Å². The van der Waals surface area contributed by atoms with E-state index in [0.717, 1.165) is 10.5 Å². The third-order valence-corrected chi connectivity index (χ3v) is 7.43. The second-order valence-corrected chi connectivity index (χ2v) is 9.68. The van der Waals surface area contributed by atoms with Gasteiger partial charge in [0.15, 0.2) is 5.78 Å². The van der Waals surface area contributed by atoms with Gasteiger partial charge in [0, 0.05) is 23.1 Å². The number of halogens is 1. The fourth-order valence-electron chi connectivity index (χ4n) is 3.76.